The van der Waals surface area contributed by atoms with E-state index in [4.69, 9.17) is 0 Å². The molecule has 1 aromatic rings. The van der Waals surface area contributed by atoms with E-state index in [1.54, 1.807) is 11.1 Å². The van der Waals surface area contributed by atoms with E-state index in [-0.39, 0.29) is 0 Å². The number of nitrogens with one attached hydrogen (secondary N) is 1. The number of fused-ring (bicyclic) bond motifs is 2. The number of rotatable bonds is 2. The summed E-state index contributed by atoms with van der Waals surface area (Å²) in [6, 6.07) is 10.8. The molecule has 4 rings (SSSR count). The smallest absolute Gasteiger partial charge is 0.0259 e. The van der Waals surface area contributed by atoms with Crippen molar-refractivity contribution in [3.8, 4) is 0 Å². The van der Waals surface area contributed by atoms with E-state index in [2.05, 4.69) is 35.7 Å². The fraction of sp³-hybridized carbons (Fsp3) is 0.529. The van der Waals surface area contributed by atoms with Gasteiger partial charge in [-0.1, -0.05) is 36.8 Å². The maximum Gasteiger partial charge on any atom is 0.0259 e. The SMILES string of the molecule is C1=C(c2ccc(C3CCC3)cc2)CC2CCC1N2. The molecule has 18 heavy (non-hydrogen) atoms. The Morgan fingerprint density at radius 3 is 2.44 bits per heavy atom. The predicted molar refractivity (Wildman–Crippen MR) is 75.6 cm³/mol. The lowest BCUT2D eigenvalue weighted by molar-refractivity contribution is 0.420. The van der Waals surface area contributed by atoms with Gasteiger partial charge in [-0.15, -0.1) is 0 Å². The molecule has 2 fully saturated rings. The number of benzene rings is 1. The van der Waals surface area contributed by atoms with E-state index in [9.17, 15) is 0 Å². The molecule has 1 saturated carbocycles. The summed E-state index contributed by atoms with van der Waals surface area (Å²) in [6.07, 6.45) is 10.6. The topological polar surface area (TPSA) is 12.0 Å². The first-order valence-corrected chi connectivity index (χ1v) is 7.45. The second kappa shape index (κ2) is 4.24. The highest BCUT2D eigenvalue weighted by atomic mass is 15.0. The Kier molecular flexibility index (Phi) is 2.54. The average molecular weight is 239 g/mol. The van der Waals surface area contributed by atoms with Gasteiger partial charge >= 0.3 is 0 Å². The molecule has 2 atom stereocenters. The standard InChI is InChI=1S/C17H21N/c1-2-12(3-1)13-4-6-14(7-5-13)15-10-16-8-9-17(11-15)18-16/h4-7,10,12,16-18H,1-3,8-9,11H2. The van der Waals surface area contributed by atoms with Crippen LogP contribution in [0.4, 0.5) is 0 Å². The van der Waals surface area contributed by atoms with Crippen molar-refractivity contribution in [3.05, 3.63) is 41.5 Å². The summed E-state index contributed by atoms with van der Waals surface area (Å²) >= 11 is 0. The first kappa shape index (κ1) is 10.8. The lowest BCUT2D eigenvalue weighted by atomic mass is 9.79. The Morgan fingerprint density at radius 2 is 1.78 bits per heavy atom. The third-order valence-corrected chi connectivity index (χ3v) is 5.00. The van der Waals surface area contributed by atoms with Gasteiger partial charge in [0.2, 0.25) is 0 Å². The molecule has 94 valence electrons. The maximum absolute atomic E-state index is 3.66. The first-order chi connectivity index (χ1) is 8.88. The Bertz CT molecular complexity index is 467. The molecule has 1 N–H and O–H groups in total. The molecule has 3 aliphatic rings. The number of hydrogen-bond donors (Lipinski definition) is 1. The van der Waals surface area contributed by atoms with Crippen molar-refractivity contribution in [1.29, 1.82) is 0 Å². The van der Waals surface area contributed by atoms with Crippen LogP contribution in [0.2, 0.25) is 0 Å². The molecule has 2 aliphatic heterocycles. The van der Waals surface area contributed by atoms with Gasteiger partial charge in [0.05, 0.1) is 0 Å². The van der Waals surface area contributed by atoms with E-state index < -0.39 is 0 Å². The van der Waals surface area contributed by atoms with E-state index in [0.29, 0.717) is 6.04 Å². The normalized spacial score (nSPS) is 31.0. The highest BCUT2D eigenvalue weighted by Crippen LogP contribution is 2.37. The fourth-order valence-corrected chi connectivity index (χ4v) is 3.64. The summed E-state index contributed by atoms with van der Waals surface area (Å²) in [4.78, 5) is 0. The Balaban J connectivity index is 1.57. The number of hydrogen-bond acceptors (Lipinski definition) is 1. The highest BCUT2D eigenvalue weighted by Gasteiger charge is 2.28. The van der Waals surface area contributed by atoms with Crippen molar-refractivity contribution < 1.29 is 0 Å². The molecular weight excluding hydrogens is 218 g/mol. The van der Waals surface area contributed by atoms with Gasteiger partial charge in [-0.2, -0.15) is 0 Å². The Morgan fingerprint density at radius 1 is 0.944 bits per heavy atom. The second-order valence-electron chi connectivity index (χ2n) is 6.19. The van der Waals surface area contributed by atoms with Crippen LogP contribution in [0, 0.1) is 0 Å². The average Bonchev–Trinajstić information content (AvgIpc) is 2.67. The van der Waals surface area contributed by atoms with Crippen molar-refractivity contribution >= 4 is 5.57 Å². The van der Waals surface area contributed by atoms with E-state index in [1.807, 2.05) is 0 Å². The van der Waals surface area contributed by atoms with Crippen LogP contribution in [0.15, 0.2) is 30.3 Å². The van der Waals surface area contributed by atoms with Crippen LogP contribution in [0.5, 0.6) is 0 Å². The molecule has 2 heterocycles. The van der Waals surface area contributed by atoms with Gasteiger partial charge in [-0.25, -0.2) is 0 Å². The third-order valence-electron chi connectivity index (χ3n) is 5.00. The van der Waals surface area contributed by atoms with Crippen LogP contribution in [-0.4, -0.2) is 12.1 Å². The molecule has 0 aromatic heterocycles. The van der Waals surface area contributed by atoms with Crippen molar-refractivity contribution in [2.24, 2.45) is 0 Å². The second-order valence-corrected chi connectivity index (χ2v) is 6.19. The highest BCUT2D eigenvalue weighted by molar-refractivity contribution is 5.68. The summed E-state index contributed by atoms with van der Waals surface area (Å²) < 4.78 is 0. The van der Waals surface area contributed by atoms with Crippen molar-refractivity contribution in [2.75, 3.05) is 0 Å². The molecule has 0 amide bonds. The fourth-order valence-electron chi connectivity index (χ4n) is 3.64. The molecular formula is C17H21N. The molecule has 1 aliphatic carbocycles. The summed E-state index contributed by atoms with van der Waals surface area (Å²) in [5, 5.41) is 3.66. The van der Waals surface area contributed by atoms with Gasteiger partial charge < -0.3 is 5.32 Å². The molecule has 2 bridgehead atoms. The summed E-state index contributed by atoms with van der Waals surface area (Å²) in [5.41, 5.74) is 4.58. The summed E-state index contributed by atoms with van der Waals surface area (Å²) in [6.45, 7) is 0. The van der Waals surface area contributed by atoms with Gasteiger partial charge in [0.1, 0.15) is 0 Å². The van der Waals surface area contributed by atoms with Crippen LogP contribution in [0.3, 0.4) is 0 Å². The summed E-state index contributed by atoms with van der Waals surface area (Å²) in [5.74, 6) is 0.859. The van der Waals surface area contributed by atoms with Gasteiger partial charge in [0.15, 0.2) is 0 Å². The van der Waals surface area contributed by atoms with Crippen molar-refractivity contribution in [1.82, 2.24) is 5.32 Å². The van der Waals surface area contributed by atoms with Gasteiger partial charge in [-0.3, -0.25) is 0 Å². The zero-order valence-electron chi connectivity index (χ0n) is 10.9. The predicted octanol–water partition coefficient (Wildman–Crippen LogP) is 3.86. The minimum atomic E-state index is 0.644. The molecule has 1 saturated heterocycles. The van der Waals surface area contributed by atoms with Crippen molar-refractivity contribution in [2.45, 2.75) is 56.5 Å². The van der Waals surface area contributed by atoms with Crippen molar-refractivity contribution in [3.63, 3.8) is 0 Å². The first-order valence-electron chi connectivity index (χ1n) is 7.45. The molecule has 1 heteroatoms. The Hall–Kier alpha value is -1.08. The molecule has 2 unspecified atom stereocenters. The van der Waals surface area contributed by atoms with Crippen LogP contribution >= 0.6 is 0 Å². The maximum atomic E-state index is 3.66. The van der Waals surface area contributed by atoms with Gasteiger partial charge in [0.25, 0.3) is 0 Å². The van der Waals surface area contributed by atoms with Crippen LogP contribution in [0.1, 0.15) is 55.6 Å². The quantitative estimate of drug-likeness (QED) is 0.826. The van der Waals surface area contributed by atoms with Crippen LogP contribution in [-0.2, 0) is 0 Å². The third kappa shape index (κ3) is 1.81. The zero-order chi connectivity index (χ0) is 11.9. The Labute approximate surface area is 109 Å². The van der Waals surface area contributed by atoms with Crippen LogP contribution < -0.4 is 5.32 Å². The largest absolute Gasteiger partial charge is 0.307 e. The van der Waals surface area contributed by atoms with E-state index >= 15 is 0 Å². The minimum Gasteiger partial charge on any atom is -0.307 e. The van der Waals surface area contributed by atoms with Gasteiger partial charge in [-0.05, 0) is 54.7 Å². The zero-order valence-corrected chi connectivity index (χ0v) is 10.9. The van der Waals surface area contributed by atoms with Gasteiger partial charge in [0, 0.05) is 12.1 Å². The molecule has 0 spiro atoms. The molecule has 1 nitrogen and oxygen atoms in total. The lowest BCUT2D eigenvalue weighted by Crippen LogP contribution is -2.31. The molecule has 1 aromatic carbocycles. The summed E-state index contributed by atoms with van der Waals surface area (Å²) in [7, 11) is 0. The molecule has 0 radical (unpaired) electrons. The minimum absolute atomic E-state index is 0.644. The van der Waals surface area contributed by atoms with E-state index in [1.165, 1.54) is 44.1 Å². The van der Waals surface area contributed by atoms with Crippen LogP contribution in [0.25, 0.3) is 5.57 Å². The lowest BCUT2D eigenvalue weighted by Gasteiger charge is -2.26. The van der Waals surface area contributed by atoms with E-state index in [0.717, 1.165) is 12.0 Å². The monoisotopic (exact) mass is 239 g/mol.